The topological polar surface area (TPSA) is 108 Å². The Morgan fingerprint density at radius 2 is 2.00 bits per heavy atom. The average molecular weight is 295 g/mol. The van der Waals surface area contributed by atoms with E-state index < -0.39 is 6.10 Å². The number of hydrogen-bond acceptors (Lipinski definition) is 6. The van der Waals surface area contributed by atoms with Crippen molar-refractivity contribution in [2.45, 2.75) is 46.1 Å². The van der Waals surface area contributed by atoms with Crippen LogP contribution in [0.5, 0.6) is 0 Å². The second-order valence-electron chi connectivity index (χ2n) is 5.08. The lowest BCUT2D eigenvalue weighted by atomic mass is 10.0. The maximum Gasteiger partial charge on any atom is 0.174 e. The standard InChI is InChI=1S/C14H25N5O2/c1-5-10-11(6-2)16-17-14(12(10)13(15)18-21)19(4)8-7-9(3)20/h9,20-21H,5-8H2,1-4H3,(H2,15,18). The van der Waals surface area contributed by atoms with Gasteiger partial charge >= 0.3 is 0 Å². The first-order chi connectivity index (χ1) is 9.96. The molecule has 1 aromatic rings. The highest BCUT2D eigenvalue weighted by atomic mass is 16.4. The smallest absolute Gasteiger partial charge is 0.174 e. The van der Waals surface area contributed by atoms with Crippen molar-refractivity contribution in [3.8, 4) is 0 Å². The zero-order valence-corrected chi connectivity index (χ0v) is 13.2. The molecule has 1 heterocycles. The highest BCUT2D eigenvalue weighted by Gasteiger charge is 2.20. The number of nitrogens with two attached hydrogens (primary N) is 1. The number of hydrogen-bond donors (Lipinski definition) is 3. The summed E-state index contributed by atoms with van der Waals surface area (Å²) in [6.07, 6.45) is 1.67. The number of oxime groups is 1. The summed E-state index contributed by atoms with van der Waals surface area (Å²) in [6.45, 7) is 6.34. The van der Waals surface area contributed by atoms with E-state index in [1.165, 1.54) is 0 Å². The van der Waals surface area contributed by atoms with Crippen LogP contribution >= 0.6 is 0 Å². The van der Waals surface area contributed by atoms with E-state index in [0.29, 0.717) is 24.3 Å². The summed E-state index contributed by atoms with van der Waals surface area (Å²) >= 11 is 0. The molecule has 1 rings (SSSR count). The Morgan fingerprint density at radius 1 is 1.33 bits per heavy atom. The molecule has 1 aromatic heterocycles. The second kappa shape index (κ2) is 7.78. The summed E-state index contributed by atoms with van der Waals surface area (Å²) in [4.78, 5) is 1.87. The minimum atomic E-state index is -0.395. The molecule has 0 fully saturated rings. The van der Waals surface area contributed by atoms with Crippen LogP contribution in [0.1, 0.15) is 44.0 Å². The number of rotatable bonds is 7. The molecule has 0 aliphatic heterocycles. The molecule has 118 valence electrons. The van der Waals surface area contributed by atoms with Crippen LogP contribution in [0.2, 0.25) is 0 Å². The SMILES string of the molecule is CCc1nnc(N(C)CCC(C)O)c(C(N)=NO)c1CC. The Kier molecular flexibility index (Phi) is 6.36. The number of aromatic nitrogens is 2. The van der Waals surface area contributed by atoms with Crippen LogP contribution in [0.4, 0.5) is 5.82 Å². The third-order valence-corrected chi connectivity index (χ3v) is 3.44. The van der Waals surface area contributed by atoms with E-state index in [1.54, 1.807) is 6.92 Å². The number of anilines is 1. The monoisotopic (exact) mass is 295 g/mol. The molecule has 0 saturated heterocycles. The Bertz CT molecular complexity index is 502. The van der Waals surface area contributed by atoms with Crippen LogP contribution in [0, 0.1) is 0 Å². The van der Waals surface area contributed by atoms with Crippen LogP contribution in [-0.4, -0.2) is 46.0 Å². The van der Waals surface area contributed by atoms with Gasteiger partial charge in [-0.15, -0.1) is 5.10 Å². The van der Waals surface area contributed by atoms with Crippen LogP contribution in [0.25, 0.3) is 0 Å². The third kappa shape index (κ3) is 4.04. The Hall–Kier alpha value is -1.89. The molecular weight excluding hydrogens is 270 g/mol. The number of aliphatic hydroxyl groups excluding tert-OH is 1. The van der Waals surface area contributed by atoms with Crippen molar-refractivity contribution in [2.75, 3.05) is 18.5 Å². The van der Waals surface area contributed by atoms with Gasteiger partial charge in [-0.05, 0) is 31.7 Å². The van der Waals surface area contributed by atoms with Gasteiger partial charge in [-0.3, -0.25) is 0 Å². The van der Waals surface area contributed by atoms with E-state index in [1.807, 2.05) is 25.8 Å². The Morgan fingerprint density at radius 3 is 2.48 bits per heavy atom. The summed E-state index contributed by atoms with van der Waals surface area (Å²) in [5.74, 6) is 0.607. The Balaban J connectivity index is 3.31. The summed E-state index contributed by atoms with van der Waals surface area (Å²) in [5, 5.41) is 30.1. The van der Waals surface area contributed by atoms with E-state index in [4.69, 9.17) is 10.9 Å². The van der Waals surface area contributed by atoms with Crippen LogP contribution in [0.15, 0.2) is 5.16 Å². The van der Waals surface area contributed by atoms with Gasteiger partial charge in [0.1, 0.15) is 0 Å². The normalized spacial score (nSPS) is 13.3. The highest BCUT2D eigenvalue weighted by Crippen LogP contribution is 2.23. The first-order valence-corrected chi connectivity index (χ1v) is 7.21. The van der Waals surface area contributed by atoms with E-state index in [2.05, 4.69) is 15.4 Å². The van der Waals surface area contributed by atoms with Crippen molar-refractivity contribution < 1.29 is 10.3 Å². The van der Waals surface area contributed by atoms with E-state index in [0.717, 1.165) is 24.1 Å². The van der Waals surface area contributed by atoms with Crippen molar-refractivity contribution >= 4 is 11.7 Å². The molecule has 1 unspecified atom stereocenters. The fourth-order valence-corrected chi connectivity index (χ4v) is 2.23. The molecule has 0 spiro atoms. The van der Waals surface area contributed by atoms with Gasteiger partial charge in [0.15, 0.2) is 11.7 Å². The lowest BCUT2D eigenvalue weighted by Gasteiger charge is -2.23. The zero-order chi connectivity index (χ0) is 16.0. The number of amidine groups is 1. The molecule has 4 N–H and O–H groups in total. The quantitative estimate of drug-likeness (QED) is 0.298. The first kappa shape index (κ1) is 17.2. The van der Waals surface area contributed by atoms with Gasteiger partial charge in [0.2, 0.25) is 0 Å². The fraction of sp³-hybridized carbons (Fsp3) is 0.643. The molecular formula is C14H25N5O2. The predicted octanol–water partition coefficient (Wildman–Crippen LogP) is 0.903. The molecule has 0 amide bonds. The van der Waals surface area contributed by atoms with Gasteiger partial charge in [-0.1, -0.05) is 19.0 Å². The third-order valence-electron chi connectivity index (χ3n) is 3.44. The van der Waals surface area contributed by atoms with Crippen molar-refractivity contribution in [3.63, 3.8) is 0 Å². The zero-order valence-electron chi connectivity index (χ0n) is 13.2. The summed E-state index contributed by atoms with van der Waals surface area (Å²) in [5.41, 5.74) is 8.27. The summed E-state index contributed by atoms with van der Waals surface area (Å²) < 4.78 is 0. The minimum absolute atomic E-state index is 0.0374. The molecule has 7 heteroatoms. The fourth-order valence-electron chi connectivity index (χ4n) is 2.23. The molecule has 0 aliphatic carbocycles. The molecule has 0 bridgehead atoms. The van der Waals surface area contributed by atoms with Crippen LogP contribution < -0.4 is 10.6 Å². The van der Waals surface area contributed by atoms with Gasteiger partial charge in [-0.25, -0.2) is 0 Å². The largest absolute Gasteiger partial charge is 0.409 e. The second-order valence-corrected chi connectivity index (χ2v) is 5.08. The summed E-state index contributed by atoms with van der Waals surface area (Å²) in [7, 11) is 1.85. The van der Waals surface area contributed by atoms with E-state index in [-0.39, 0.29) is 5.84 Å². The van der Waals surface area contributed by atoms with E-state index in [9.17, 15) is 5.11 Å². The van der Waals surface area contributed by atoms with Crippen molar-refractivity contribution in [2.24, 2.45) is 10.9 Å². The molecule has 1 atom stereocenters. The molecule has 0 aromatic carbocycles. The lowest BCUT2D eigenvalue weighted by molar-refractivity contribution is 0.187. The molecule has 0 aliphatic rings. The van der Waals surface area contributed by atoms with Gasteiger partial charge < -0.3 is 20.9 Å². The van der Waals surface area contributed by atoms with Crippen LogP contribution in [-0.2, 0) is 12.8 Å². The molecule has 0 saturated carbocycles. The van der Waals surface area contributed by atoms with Crippen molar-refractivity contribution in [1.82, 2.24) is 10.2 Å². The predicted molar refractivity (Wildman–Crippen MR) is 82.9 cm³/mol. The molecule has 0 radical (unpaired) electrons. The van der Waals surface area contributed by atoms with Gasteiger partial charge in [0.05, 0.1) is 17.4 Å². The Labute approximate surface area is 125 Å². The summed E-state index contributed by atoms with van der Waals surface area (Å²) in [6, 6.07) is 0. The van der Waals surface area contributed by atoms with Gasteiger partial charge in [-0.2, -0.15) is 5.10 Å². The van der Waals surface area contributed by atoms with Gasteiger partial charge in [0, 0.05) is 13.6 Å². The minimum Gasteiger partial charge on any atom is -0.409 e. The average Bonchev–Trinajstić information content (AvgIpc) is 2.49. The number of nitrogens with zero attached hydrogens (tertiary/aromatic N) is 4. The van der Waals surface area contributed by atoms with Crippen LogP contribution in [0.3, 0.4) is 0 Å². The van der Waals surface area contributed by atoms with E-state index >= 15 is 0 Å². The lowest BCUT2D eigenvalue weighted by Crippen LogP contribution is -2.29. The van der Waals surface area contributed by atoms with Gasteiger partial charge in [0.25, 0.3) is 0 Å². The highest BCUT2D eigenvalue weighted by molar-refractivity contribution is 6.02. The molecule has 7 nitrogen and oxygen atoms in total. The first-order valence-electron chi connectivity index (χ1n) is 7.21. The maximum atomic E-state index is 9.40. The molecule has 21 heavy (non-hydrogen) atoms. The number of aryl methyl sites for hydroxylation is 1. The van der Waals surface area contributed by atoms with Crippen molar-refractivity contribution in [1.29, 1.82) is 0 Å². The number of aliphatic hydroxyl groups is 1. The maximum absolute atomic E-state index is 9.40. The van der Waals surface area contributed by atoms with Crippen molar-refractivity contribution in [3.05, 3.63) is 16.8 Å².